The molecular weight excluding hydrogens is 316 g/mol. The van der Waals surface area contributed by atoms with Crippen molar-refractivity contribution in [1.82, 2.24) is 10.2 Å². The first-order chi connectivity index (χ1) is 12.0. The Kier molecular flexibility index (Phi) is 6.57. The van der Waals surface area contributed by atoms with Crippen LogP contribution in [0.15, 0.2) is 48.5 Å². The molecule has 0 radical (unpaired) electrons. The van der Waals surface area contributed by atoms with E-state index >= 15 is 0 Å². The Morgan fingerprint density at radius 2 is 1.60 bits per heavy atom. The van der Waals surface area contributed by atoms with Gasteiger partial charge in [0, 0.05) is 26.2 Å². The predicted molar refractivity (Wildman–Crippen MR) is 97.6 cm³/mol. The molecule has 0 bridgehead atoms. The molecule has 0 aromatic heterocycles. The minimum Gasteiger partial charge on any atom is -0.494 e. The average Bonchev–Trinajstić information content (AvgIpc) is 2.63. The van der Waals surface area contributed by atoms with Gasteiger partial charge in [0.05, 0.1) is 13.0 Å². The SMILES string of the molecule is CCOc1ccc(CC(=O)N(C)Cc2ccc(C(=O)NC)cc2)cc1. The number of amides is 2. The third-order valence-corrected chi connectivity index (χ3v) is 3.88. The van der Waals surface area contributed by atoms with E-state index < -0.39 is 0 Å². The van der Waals surface area contributed by atoms with Gasteiger partial charge in [-0.15, -0.1) is 0 Å². The van der Waals surface area contributed by atoms with Gasteiger partial charge in [-0.25, -0.2) is 0 Å². The van der Waals surface area contributed by atoms with E-state index in [1.165, 1.54) is 0 Å². The largest absolute Gasteiger partial charge is 0.494 e. The van der Waals surface area contributed by atoms with Gasteiger partial charge < -0.3 is 15.0 Å². The van der Waals surface area contributed by atoms with Crippen LogP contribution >= 0.6 is 0 Å². The summed E-state index contributed by atoms with van der Waals surface area (Å²) in [6.45, 7) is 3.07. The molecule has 132 valence electrons. The first-order valence-corrected chi connectivity index (χ1v) is 8.30. The zero-order valence-corrected chi connectivity index (χ0v) is 14.9. The van der Waals surface area contributed by atoms with Gasteiger partial charge in [0.1, 0.15) is 5.75 Å². The van der Waals surface area contributed by atoms with Crippen LogP contribution in [0.1, 0.15) is 28.4 Å². The van der Waals surface area contributed by atoms with E-state index in [0.717, 1.165) is 16.9 Å². The molecule has 5 heteroatoms. The van der Waals surface area contributed by atoms with Gasteiger partial charge in [0.2, 0.25) is 5.91 Å². The van der Waals surface area contributed by atoms with Crippen molar-refractivity contribution in [2.24, 2.45) is 0 Å². The van der Waals surface area contributed by atoms with Gasteiger partial charge in [-0.05, 0) is 42.3 Å². The minimum absolute atomic E-state index is 0.0412. The van der Waals surface area contributed by atoms with E-state index in [2.05, 4.69) is 5.32 Å². The molecule has 2 rings (SSSR count). The summed E-state index contributed by atoms with van der Waals surface area (Å²) < 4.78 is 5.40. The Labute approximate surface area is 148 Å². The van der Waals surface area contributed by atoms with E-state index in [9.17, 15) is 9.59 Å². The van der Waals surface area contributed by atoms with Crippen LogP contribution < -0.4 is 10.1 Å². The highest BCUT2D eigenvalue weighted by atomic mass is 16.5. The molecule has 2 aromatic rings. The van der Waals surface area contributed by atoms with E-state index in [4.69, 9.17) is 4.74 Å². The molecule has 0 aliphatic carbocycles. The van der Waals surface area contributed by atoms with Crippen molar-refractivity contribution in [3.63, 3.8) is 0 Å². The maximum Gasteiger partial charge on any atom is 0.251 e. The number of benzene rings is 2. The van der Waals surface area contributed by atoms with Gasteiger partial charge in [-0.1, -0.05) is 24.3 Å². The number of carbonyl (C=O) groups is 2. The topological polar surface area (TPSA) is 58.6 Å². The Hall–Kier alpha value is -2.82. The van der Waals surface area contributed by atoms with Crippen LogP contribution in [0.25, 0.3) is 0 Å². The molecule has 0 saturated carbocycles. The summed E-state index contributed by atoms with van der Waals surface area (Å²) >= 11 is 0. The first kappa shape index (κ1) is 18.5. The monoisotopic (exact) mass is 340 g/mol. The smallest absolute Gasteiger partial charge is 0.251 e. The number of nitrogens with zero attached hydrogens (tertiary/aromatic N) is 1. The van der Waals surface area contributed by atoms with Crippen LogP contribution in [0.5, 0.6) is 5.75 Å². The molecule has 5 nitrogen and oxygen atoms in total. The van der Waals surface area contributed by atoms with Gasteiger partial charge in [-0.3, -0.25) is 9.59 Å². The fourth-order valence-corrected chi connectivity index (χ4v) is 2.45. The number of carbonyl (C=O) groups excluding carboxylic acids is 2. The summed E-state index contributed by atoms with van der Waals surface area (Å²) in [4.78, 5) is 25.6. The number of hydrogen-bond acceptors (Lipinski definition) is 3. The van der Waals surface area contributed by atoms with Crippen LogP contribution in [-0.4, -0.2) is 37.4 Å². The van der Waals surface area contributed by atoms with Crippen LogP contribution in [0.4, 0.5) is 0 Å². The second kappa shape index (κ2) is 8.87. The second-order valence-corrected chi connectivity index (χ2v) is 5.78. The summed E-state index contributed by atoms with van der Waals surface area (Å²) in [5.41, 5.74) is 2.54. The predicted octanol–water partition coefficient (Wildman–Crippen LogP) is 2.65. The van der Waals surface area contributed by atoms with Crippen molar-refractivity contribution in [3.05, 3.63) is 65.2 Å². The summed E-state index contributed by atoms with van der Waals surface area (Å²) in [6.07, 6.45) is 0.346. The molecule has 2 amide bonds. The van der Waals surface area contributed by atoms with Crippen LogP contribution in [0.3, 0.4) is 0 Å². The molecule has 0 heterocycles. The highest BCUT2D eigenvalue weighted by Gasteiger charge is 2.11. The fraction of sp³-hybridized carbons (Fsp3) is 0.300. The van der Waals surface area contributed by atoms with Crippen molar-refractivity contribution in [3.8, 4) is 5.75 Å². The number of rotatable bonds is 7. The van der Waals surface area contributed by atoms with Crippen molar-refractivity contribution in [1.29, 1.82) is 0 Å². The maximum absolute atomic E-state index is 12.4. The number of likely N-dealkylation sites (N-methyl/N-ethyl adjacent to an activating group) is 1. The molecule has 2 aromatic carbocycles. The molecule has 1 N–H and O–H groups in total. The standard InChI is InChI=1S/C20H24N2O3/c1-4-25-18-11-7-15(8-12-18)13-19(23)22(3)14-16-5-9-17(10-6-16)20(24)21-2/h5-12H,4,13-14H2,1-3H3,(H,21,24). The number of ether oxygens (including phenoxy) is 1. The third kappa shape index (κ3) is 5.35. The second-order valence-electron chi connectivity index (χ2n) is 5.78. The molecule has 0 aliphatic heterocycles. The molecule has 0 spiro atoms. The molecule has 25 heavy (non-hydrogen) atoms. The van der Waals surface area contributed by atoms with Crippen LogP contribution in [0, 0.1) is 0 Å². The first-order valence-electron chi connectivity index (χ1n) is 8.30. The minimum atomic E-state index is -0.119. The number of hydrogen-bond donors (Lipinski definition) is 1. The molecular formula is C20H24N2O3. The number of nitrogens with one attached hydrogen (secondary N) is 1. The lowest BCUT2D eigenvalue weighted by Crippen LogP contribution is -2.27. The molecule has 0 saturated heterocycles. The lowest BCUT2D eigenvalue weighted by atomic mass is 10.1. The van der Waals surface area contributed by atoms with E-state index in [-0.39, 0.29) is 11.8 Å². The van der Waals surface area contributed by atoms with Crippen molar-refractivity contribution >= 4 is 11.8 Å². The van der Waals surface area contributed by atoms with Gasteiger partial charge in [0.25, 0.3) is 5.91 Å². The summed E-state index contributed by atoms with van der Waals surface area (Å²) in [5, 5.41) is 2.59. The van der Waals surface area contributed by atoms with Crippen molar-refractivity contribution < 1.29 is 14.3 Å². The Bertz CT molecular complexity index is 709. The molecule has 0 aliphatic rings. The van der Waals surface area contributed by atoms with E-state index in [0.29, 0.717) is 25.1 Å². The van der Waals surface area contributed by atoms with Crippen LogP contribution in [-0.2, 0) is 17.8 Å². The maximum atomic E-state index is 12.4. The van der Waals surface area contributed by atoms with E-state index in [1.807, 2.05) is 43.3 Å². The fourth-order valence-electron chi connectivity index (χ4n) is 2.45. The summed E-state index contributed by atoms with van der Waals surface area (Å²) in [7, 11) is 3.38. The Morgan fingerprint density at radius 1 is 1.00 bits per heavy atom. The van der Waals surface area contributed by atoms with Gasteiger partial charge in [-0.2, -0.15) is 0 Å². The summed E-state index contributed by atoms with van der Waals surface area (Å²) in [5.74, 6) is 0.731. The zero-order valence-electron chi connectivity index (χ0n) is 14.9. The normalized spacial score (nSPS) is 10.2. The van der Waals surface area contributed by atoms with Gasteiger partial charge in [0.15, 0.2) is 0 Å². The Balaban J connectivity index is 1.92. The summed E-state index contributed by atoms with van der Waals surface area (Å²) in [6, 6.07) is 14.8. The lowest BCUT2D eigenvalue weighted by Gasteiger charge is -2.17. The Morgan fingerprint density at radius 3 is 2.16 bits per heavy atom. The van der Waals surface area contributed by atoms with Crippen molar-refractivity contribution in [2.45, 2.75) is 19.9 Å². The zero-order chi connectivity index (χ0) is 18.2. The van der Waals surface area contributed by atoms with Crippen molar-refractivity contribution in [2.75, 3.05) is 20.7 Å². The highest BCUT2D eigenvalue weighted by molar-refractivity contribution is 5.93. The quantitative estimate of drug-likeness (QED) is 0.843. The third-order valence-electron chi connectivity index (χ3n) is 3.88. The molecule has 0 fully saturated rings. The molecule has 0 atom stereocenters. The van der Waals surface area contributed by atoms with E-state index in [1.54, 1.807) is 31.1 Å². The molecule has 0 unspecified atom stereocenters. The average molecular weight is 340 g/mol. The highest BCUT2D eigenvalue weighted by Crippen LogP contribution is 2.14. The van der Waals surface area contributed by atoms with Crippen LogP contribution in [0.2, 0.25) is 0 Å². The van der Waals surface area contributed by atoms with Gasteiger partial charge >= 0.3 is 0 Å². The lowest BCUT2D eigenvalue weighted by molar-refractivity contribution is -0.129.